The van der Waals surface area contributed by atoms with Gasteiger partial charge in [0.2, 0.25) is 11.8 Å². The van der Waals surface area contributed by atoms with E-state index in [0.29, 0.717) is 19.0 Å². The summed E-state index contributed by atoms with van der Waals surface area (Å²) in [4.78, 5) is 25.7. The number of carbonyl (C=O) groups is 2. The number of hydrogen-bond donors (Lipinski definition) is 1. The van der Waals surface area contributed by atoms with Gasteiger partial charge in [-0.25, -0.2) is 0 Å². The fourth-order valence-electron chi connectivity index (χ4n) is 3.10. The smallest absolute Gasteiger partial charge is 0.223 e. The highest BCUT2D eigenvalue weighted by Crippen LogP contribution is 2.22. The van der Waals surface area contributed by atoms with Gasteiger partial charge in [0.05, 0.1) is 0 Å². The van der Waals surface area contributed by atoms with Crippen LogP contribution >= 0.6 is 0 Å². The van der Waals surface area contributed by atoms with E-state index in [1.807, 2.05) is 24.3 Å². The minimum atomic E-state index is -0.0189. The number of amides is 2. The van der Waals surface area contributed by atoms with Gasteiger partial charge in [0.1, 0.15) is 0 Å². The molecule has 120 valence electrons. The lowest BCUT2D eigenvalue weighted by Crippen LogP contribution is -2.37. The highest BCUT2D eigenvalue weighted by Gasteiger charge is 2.19. The second-order valence-corrected chi connectivity index (χ2v) is 5.95. The van der Waals surface area contributed by atoms with Crippen molar-refractivity contribution in [2.24, 2.45) is 0 Å². The zero-order chi connectivity index (χ0) is 15.9. The lowest BCUT2D eigenvalue weighted by atomic mass is 10.1. The van der Waals surface area contributed by atoms with E-state index in [0.717, 1.165) is 30.5 Å². The average molecular weight is 302 g/mol. The molecule has 1 saturated carbocycles. The summed E-state index contributed by atoms with van der Waals surface area (Å²) in [6, 6.07) is 8.23. The molecule has 0 atom stereocenters. The molecule has 4 heteroatoms. The van der Waals surface area contributed by atoms with Crippen molar-refractivity contribution in [2.45, 2.75) is 58.4 Å². The SMILES string of the molecule is CCc1ccccc1N(CCC(=O)NC1CCCC1)C(C)=O. The molecule has 1 aromatic rings. The molecule has 0 spiro atoms. The van der Waals surface area contributed by atoms with Crippen LogP contribution in [0.4, 0.5) is 5.69 Å². The molecule has 0 aliphatic heterocycles. The molecular weight excluding hydrogens is 276 g/mol. The second-order valence-electron chi connectivity index (χ2n) is 5.95. The van der Waals surface area contributed by atoms with Gasteiger partial charge in [-0.15, -0.1) is 0 Å². The van der Waals surface area contributed by atoms with Crippen LogP contribution in [0.15, 0.2) is 24.3 Å². The molecular formula is C18H26N2O2. The summed E-state index contributed by atoms with van der Waals surface area (Å²) in [6.45, 7) is 4.07. The van der Waals surface area contributed by atoms with Crippen LogP contribution in [0.2, 0.25) is 0 Å². The van der Waals surface area contributed by atoms with Crippen LogP contribution in [0.1, 0.15) is 51.5 Å². The standard InChI is InChI=1S/C18H26N2O2/c1-3-15-8-4-7-11-17(15)20(14(2)21)13-12-18(22)19-16-9-5-6-10-16/h4,7-8,11,16H,3,5-6,9-10,12-13H2,1-2H3,(H,19,22). The van der Waals surface area contributed by atoms with Crippen LogP contribution in [0.3, 0.4) is 0 Å². The summed E-state index contributed by atoms with van der Waals surface area (Å²) < 4.78 is 0. The number of carbonyl (C=O) groups excluding carboxylic acids is 2. The topological polar surface area (TPSA) is 49.4 Å². The van der Waals surface area contributed by atoms with E-state index in [9.17, 15) is 9.59 Å². The number of hydrogen-bond acceptors (Lipinski definition) is 2. The highest BCUT2D eigenvalue weighted by atomic mass is 16.2. The molecule has 0 radical (unpaired) electrons. The minimum absolute atomic E-state index is 0.0189. The molecule has 22 heavy (non-hydrogen) atoms. The van der Waals surface area contributed by atoms with Crippen molar-refractivity contribution in [3.8, 4) is 0 Å². The van der Waals surface area contributed by atoms with Crippen molar-refractivity contribution in [1.82, 2.24) is 5.32 Å². The van der Waals surface area contributed by atoms with Gasteiger partial charge >= 0.3 is 0 Å². The van der Waals surface area contributed by atoms with Gasteiger partial charge in [-0.2, -0.15) is 0 Å². The van der Waals surface area contributed by atoms with E-state index in [1.165, 1.54) is 12.8 Å². The fraction of sp³-hybridized carbons (Fsp3) is 0.556. The van der Waals surface area contributed by atoms with Crippen molar-refractivity contribution >= 4 is 17.5 Å². The summed E-state index contributed by atoms with van der Waals surface area (Å²) >= 11 is 0. The predicted octanol–water partition coefficient (Wildman–Crippen LogP) is 3.05. The number of nitrogens with one attached hydrogen (secondary N) is 1. The summed E-state index contributed by atoms with van der Waals surface area (Å²) in [5, 5.41) is 3.08. The number of nitrogens with zero attached hydrogens (tertiary/aromatic N) is 1. The van der Waals surface area contributed by atoms with Crippen LogP contribution in [0, 0.1) is 0 Å². The molecule has 1 aliphatic carbocycles. The Bertz CT molecular complexity index is 522. The predicted molar refractivity (Wildman–Crippen MR) is 88.9 cm³/mol. The number of benzene rings is 1. The number of aryl methyl sites for hydroxylation is 1. The largest absolute Gasteiger partial charge is 0.353 e. The molecule has 0 bridgehead atoms. The summed E-state index contributed by atoms with van der Waals surface area (Å²) in [5.74, 6) is 0.0293. The van der Waals surface area contributed by atoms with Crippen LogP contribution in [-0.4, -0.2) is 24.4 Å². The molecule has 1 N–H and O–H groups in total. The third-order valence-electron chi connectivity index (χ3n) is 4.33. The first-order chi connectivity index (χ1) is 10.6. The molecule has 1 aromatic carbocycles. The van der Waals surface area contributed by atoms with Gasteiger partial charge in [-0.3, -0.25) is 9.59 Å². The molecule has 2 rings (SSSR count). The summed E-state index contributed by atoms with van der Waals surface area (Å²) in [5.41, 5.74) is 2.06. The zero-order valence-corrected chi connectivity index (χ0v) is 13.6. The van der Waals surface area contributed by atoms with Crippen molar-refractivity contribution in [2.75, 3.05) is 11.4 Å². The molecule has 0 heterocycles. The molecule has 1 fully saturated rings. The van der Waals surface area contributed by atoms with Crippen LogP contribution in [-0.2, 0) is 16.0 Å². The van der Waals surface area contributed by atoms with Crippen molar-refractivity contribution < 1.29 is 9.59 Å². The Labute approximate surface area is 132 Å². The summed E-state index contributed by atoms with van der Waals surface area (Å²) in [7, 11) is 0. The Morgan fingerprint density at radius 3 is 2.55 bits per heavy atom. The van der Waals surface area contributed by atoms with E-state index in [1.54, 1.807) is 11.8 Å². The Kier molecular flexibility index (Phi) is 5.99. The maximum absolute atomic E-state index is 12.1. The molecule has 0 saturated heterocycles. The minimum Gasteiger partial charge on any atom is -0.353 e. The first kappa shape index (κ1) is 16.5. The lowest BCUT2D eigenvalue weighted by molar-refractivity contribution is -0.121. The number of rotatable bonds is 6. The van der Waals surface area contributed by atoms with E-state index in [2.05, 4.69) is 12.2 Å². The van der Waals surface area contributed by atoms with Gasteiger partial charge in [0.25, 0.3) is 0 Å². The van der Waals surface area contributed by atoms with Crippen LogP contribution in [0.25, 0.3) is 0 Å². The quantitative estimate of drug-likeness (QED) is 0.878. The van der Waals surface area contributed by atoms with Crippen molar-refractivity contribution in [1.29, 1.82) is 0 Å². The lowest BCUT2D eigenvalue weighted by Gasteiger charge is -2.24. The van der Waals surface area contributed by atoms with Crippen molar-refractivity contribution in [3.63, 3.8) is 0 Å². The molecule has 2 amide bonds. The number of para-hydroxylation sites is 1. The van der Waals surface area contributed by atoms with Crippen LogP contribution < -0.4 is 10.2 Å². The normalized spacial score (nSPS) is 14.8. The van der Waals surface area contributed by atoms with E-state index < -0.39 is 0 Å². The maximum atomic E-state index is 12.1. The Hall–Kier alpha value is -1.84. The first-order valence-electron chi connectivity index (χ1n) is 8.27. The van der Waals surface area contributed by atoms with Crippen molar-refractivity contribution in [3.05, 3.63) is 29.8 Å². The maximum Gasteiger partial charge on any atom is 0.223 e. The zero-order valence-electron chi connectivity index (χ0n) is 13.6. The molecule has 1 aliphatic rings. The van der Waals surface area contributed by atoms with E-state index >= 15 is 0 Å². The molecule has 0 aromatic heterocycles. The van der Waals surface area contributed by atoms with Gasteiger partial charge in [0.15, 0.2) is 0 Å². The third kappa shape index (κ3) is 4.33. The second kappa shape index (κ2) is 7.97. The average Bonchev–Trinajstić information content (AvgIpc) is 3.00. The number of anilines is 1. The Morgan fingerprint density at radius 2 is 1.91 bits per heavy atom. The van der Waals surface area contributed by atoms with Gasteiger partial charge in [0, 0.05) is 31.6 Å². The van der Waals surface area contributed by atoms with Gasteiger partial charge in [-0.1, -0.05) is 38.0 Å². The summed E-state index contributed by atoms with van der Waals surface area (Å²) in [6.07, 6.45) is 5.80. The molecule has 0 unspecified atom stereocenters. The monoisotopic (exact) mass is 302 g/mol. The molecule has 4 nitrogen and oxygen atoms in total. The first-order valence-corrected chi connectivity index (χ1v) is 8.27. The van der Waals surface area contributed by atoms with E-state index in [4.69, 9.17) is 0 Å². The fourth-order valence-corrected chi connectivity index (χ4v) is 3.10. The van der Waals surface area contributed by atoms with Gasteiger partial charge < -0.3 is 10.2 Å². The Balaban J connectivity index is 1.97. The highest BCUT2D eigenvalue weighted by molar-refractivity contribution is 5.93. The van der Waals surface area contributed by atoms with Crippen LogP contribution in [0.5, 0.6) is 0 Å². The van der Waals surface area contributed by atoms with Gasteiger partial charge in [-0.05, 0) is 30.9 Å². The van der Waals surface area contributed by atoms with E-state index in [-0.39, 0.29) is 11.8 Å². The third-order valence-corrected chi connectivity index (χ3v) is 4.33. The Morgan fingerprint density at radius 1 is 1.23 bits per heavy atom.